The lowest BCUT2D eigenvalue weighted by molar-refractivity contribution is -0.148. The average molecular weight is 207 g/mol. The zero-order valence-electron chi connectivity index (χ0n) is 8.29. The van der Waals surface area contributed by atoms with E-state index in [1.54, 1.807) is 0 Å². The minimum Gasteiger partial charge on any atom is -0.385 e. The number of aliphatic hydroxyl groups is 2. The second kappa shape index (κ2) is 5.01. The molecule has 0 bridgehead atoms. The molecule has 1 aliphatic rings. The van der Waals surface area contributed by atoms with Crippen LogP contribution in [0.2, 0.25) is 0 Å². The fraction of sp³-hybridized carbons (Fsp3) is 1.00. The first-order valence-corrected chi connectivity index (χ1v) is 4.43. The Bertz CT molecular complexity index is 175. The maximum absolute atomic E-state index is 9.47. The van der Waals surface area contributed by atoms with Gasteiger partial charge in [-0.15, -0.1) is 0 Å². The van der Waals surface area contributed by atoms with Crippen LogP contribution in [0.15, 0.2) is 0 Å². The molecule has 0 aliphatic carbocycles. The Morgan fingerprint density at radius 3 is 2.50 bits per heavy atom. The molecule has 0 radical (unpaired) electrons. The highest BCUT2D eigenvalue weighted by atomic mass is 16.7. The first-order valence-electron chi connectivity index (χ1n) is 4.43. The van der Waals surface area contributed by atoms with Crippen molar-refractivity contribution in [3.63, 3.8) is 0 Å². The number of aliphatic hydroxyl groups excluding tert-OH is 2. The van der Waals surface area contributed by atoms with Crippen molar-refractivity contribution in [2.45, 2.75) is 30.7 Å². The molecule has 0 aromatic rings. The minimum atomic E-state index is -1.24. The van der Waals surface area contributed by atoms with Gasteiger partial charge in [0.15, 0.2) is 6.29 Å². The van der Waals surface area contributed by atoms with Crippen molar-refractivity contribution in [1.29, 1.82) is 0 Å². The Balaban J connectivity index is 2.68. The van der Waals surface area contributed by atoms with E-state index in [1.807, 2.05) is 0 Å². The van der Waals surface area contributed by atoms with E-state index in [0.29, 0.717) is 0 Å². The predicted octanol–water partition coefficient (Wildman–Crippen LogP) is -1.95. The summed E-state index contributed by atoms with van der Waals surface area (Å²) in [6, 6.07) is 0. The molecule has 1 saturated heterocycles. The van der Waals surface area contributed by atoms with Gasteiger partial charge < -0.3 is 30.2 Å². The Kier molecular flexibility index (Phi) is 4.24. The highest BCUT2D eigenvalue weighted by Crippen LogP contribution is 2.25. The van der Waals surface area contributed by atoms with Gasteiger partial charge >= 0.3 is 0 Å². The molecule has 4 N–H and O–H groups in total. The van der Waals surface area contributed by atoms with Crippen LogP contribution in [0.25, 0.3) is 0 Å². The third kappa shape index (κ3) is 2.05. The van der Waals surface area contributed by atoms with Crippen LogP contribution >= 0.6 is 0 Å². The van der Waals surface area contributed by atoms with E-state index in [9.17, 15) is 10.2 Å². The van der Waals surface area contributed by atoms with Gasteiger partial charge in [-0.1, -0.05) is 0 Å². The number of rotatable bonds is 4. The summed E-state index contributed by atoms with van der Waals surface area (Å²) in [6.07, 6.45) is -3.85. The van der Waals surface area contributed by atoms with Crippen molar-refractivity contribution in [1.82, 2.24) is 0 Å². The molecule has 1 heterocycles. The fourth-order valence-corrected chi connectivity index (χ4v) is 1.61. The van der Waals surface area contributed by atoms with Crippen LogP contribution < -0.4 is 5.73 Å². The molecule has 5 atom stereocenters. The molecule has 1 rings (SSSR count). The number of nitrogens with two attached hydrogens (primary N) is 1. The molecule has 0 aromatic carbocycles. The van der Waals surface area contributed by atoms with Crippen LogP contribution in [0, 0.1) is 0 Å². The number of methoxy groups -OCH3 is 2. The molecule has 0 aromatic heterocycles. The second-order valence-electron chi connectivity index (χ2n) is 3.19. The van der Waals surface area contributed by atoms with Crippen LogP contribution in [-0.2, 0) is 14.2 Å². The van der Waals surface area contributed by atoms with Crippen LogP contribution in [0.1, 0.15) is 0 Å². The van der Waals surface area contributed by atoms with Crippen LogP contribution in [-0.4, -0.2) is 61.7 Å². The topological polar surface area (TPSA) is 94.2 Å². The molecule has 0 saturated carbocycles. The van der Waals surface area contributed by atoms with Gasteiger partial charge in [-0.25, -0.2) is 0 Å². The van der Waals surface area contributed by atoms with Crippen molar-refractivity contribution in [2.24, 2.45) is 5.73 Å². The van der Waals surface area contributed by atoms with E-state index in [4.69, 9.17) is 19.9 Å². The van der Waals surface area contributed by atoms with Crippen molar-refractivity contribution in [3.8, 4) is 0 Å². The maximum atomic E-state index is 9.47. The highest BCUT2D eigenvalue weighted by Gasteiger charge is 2.46. The zero-order valence-corrected chi connectivity index (χ0v) is 8.29. The van der Waals surface area contributed by atoms with Gasteiger partial charge in [0, 0.05) is 20.8 Å². The molecular weight excluding hydrogens is 190 g/mol. The van der Waals surface area contributed by atoms with E-state index < -0.39 is 30.7 Å². The molecule has 14 heavy (non-hydrogen) atoms. The average Bonchev–Trinajstić information content (AvgIpc) is 2.45. The van der Waals surface area contributed by atoms with Gasteiger partial charge in [0.2, 0.25) is 0 Å². The Morgan fingerprint density at radius 2 is 2.07 bits per heavy atom. The van der Waals surface area contributed by atoms with Crippen molar-refractivity contribution < 1.29 is 24.4 Å². The largest absolute Gasteiger partial charge is 0.385 e. The normalized spacial score (nSPS) is 40.1. The van der Waals surface area contributed by atoms with Crippen molar-refractivity contribution >= 4 is 0 Å². The van der Waals surface area contributed by atoms with Gasteiger partial charge in [-0.3, -0.25) is 0 Å². The number of hydrogen-bond donors (Lipinski definition) is 3. The van der Waals surface area contributed by atoms with Gasteiger partial charge in [0.25, 0.3) is 0 Å². The van der Waals surface area contributed by atoms with Crippen molar-refractivity contribution in [2.75, 3.05) is 20.8 Å². The molecule has 84 valence electrons. The quantitative estimate of drug-likeness (QED) is 0.496. The standard InChI is InChI=1S/C8H17NO5/c1-12-4(3-9)6-7(13-2)5(10)8(11)14-6/h4-8,10-11H,3,9H2,1-2H3/t4-,5-,6-,7-,8+/m1/s1. The summed E-state index contributed by atoms with van der Waals surface area (Å²) in [6.45, 7) is 0.237. The Morgan fingerprint density at radius 1 is 1.43 bits per heavy atom. The lowest BCUT2D eigenvalue weighted by Gasteiger charge is -2.24. The molecule has 1 fully saturated rings. The van der Waals surface area contributed by atoms with Crippen molar-refractivity contribution in [3.05, 3.63) is 0 Å². The van der Waals surface area contributed by atoms with E-state index in [2.05, 4.69) is 0 Å². The lowest BCUT2D eigenvalue weighted by Crippen LogP contribution is -2.44. The summed E-state index contributed by atoms with van der Waals surface area (Å²) in [5, 5.41) is 18.7. The molecule has 0 unspecified atom stereocenters. The molecule has 1 aliphatic heterocycles. The van der Waals surface area contributed by atoms with E-state index in [-0.39, 0.29) is 6.54 Å². The molecule has 0 amide bonds. The maximum Gasteiger partial charge on any atom is 0.184 e. The summed E-state index contributed by atoms with van der Waals surface area (Å²) in [7, 11) is 2.93. The predicted molar refractivity (Wildman–Crippen MR) is 47.5 cm³/mol. The summed E-state index contributed by atoms with van der Waals surface area (Å²) < 4.78 is 15.2. The lowest BCUT2D eigenvalue weighted by atomic mass is 10.1. The summed E-state index contributed by atoms with van der Waals surface area (Å²) in [4.78, 5) is 0. The van der Waals surface area contributed by atoms with Gasteiger partial charge in [-0.05, 0) is 0 Å². The Labute approximate surface area is 82.6 Å². The third-order valence-electron chi connectivity index (χ3n) is 2.42. The summed E-state index contributed by atoms with van der Waals surface area (Å²) in [5.41, 5.74) is 5.45. The minimum absolute atomic E-state index is 0.237. The SMILES string of the molecule is CO[C@@H]1[C@@H](O)[C@@H](O)O[C@@H]1[C@@H](CN)OC. The molecular formula is C8H17NO5. The van der Waals surface area contributed by atoms with E-state index >= 15 is 0 Å². The summed E-state index contributed by atoms with van der Waals surface area (Å²) >= 11 is 0. The molecule has 6 heteroatoms. The molecule has 0 spiro atoms. The number of ether oxygens (including phenoxy) is 3. The van der Waals surface area contributed by atoms with Gasteiger partial charge in [-0.2, -0.15) is 0 Å². The third-order valence-corrected chi connectivity index (χ3v) is 2.42. The second-order valence-corrected chi connectivity index (χ2v) is 3.19. The van der Waals surface area contributed by atoms with Gasteiger partial charge in [0.1, 0.15) is 18.3 Å². The van der Waals surface area contributed by atoms with E-state index in [0.717, 1.165) is 0 Å². The van der Waals surface area contributed by atoms with Crippen LogP contribution in [0.3, 0.4) is 0 Å². The van der Waals surface area contributed by atoms with E-state index in [1.165, 1.54) is 14.2 Å². The van der Waals surface area contributed by atoms with Crippen LogP contribution in [0.5, 0.6) is 0 Å². The van der Waals surface area contributed by atoms with Gasteiger partial charge in [0.05, 0.1) is 6.10 Å². The Hall–Kier alpha value is -0.240. The van der Waals surface area contributed by atoms with Crippen LogP contribution in [0.4, 0.5) is 0 Å². The summed E-state index contributed by atoms with van der Waals surface area (Å²) in [5.74, 6) is 0. The fourth-order valence-electron chi connectivity index (χ4n) is 1.61. The smallest absolute Gasteiger partial charge is 0.184 e. The zero-order chi connectivity index (χ0) is 10.7. The number of hydrogen-bond acceptors (Lipinski definition) is 6. The first-order chi connectivity index (χ1) is 6.65. The molecule has 6 nitrogen and oxygen atoms in total. The highest BCUT2D eigenvalue weighted by molar-refractivity contribution is 4.92. The monoisotopic (exact) mass is 207 g/mol. The first kappa shape index (κ1) is 11.8.